The number of H-pyrrole nitrogens is 2. The van der Waals surface area contributed by atoms with Gasteiger partial charge in [0.15, 0.2) is 5.76 Å². The summed E-state index contributed by atoms with van der Waals surface area (Å²) in [5.41, 5.74) is 1.99. The molecule has 0 unspecified atom stereocenters. The zero-order chi connectivity index (χ0) is 21.1. The molecule has 0 aliphatic heterocycles. The number of fused-ring (bicyclic) bond motifs is 1. The van der Waals surface area contributed by atoms with Crippen molar-refractivity contribution in [2.24, 2.45) is 0 Å². The van der Waals surface area contributed by atoms with E-state index in [9.17, 15) is 14.0 Å². The van der Waals surface area contributed by atoms with Gasteiger partial charge in [-0.3, -0.25) is 14.7 Å². The van der Waals surface area contributed by atoms with Crippen LogP contribution in [-0.4, -0.2) is 28.4 Å². The Hall–Kier alpha value is -4.14. The monoisotopic (exact) mass is 408 g/mol. The summed E-state index contributed by atoms with van der Waals surface area (Å²) in [6.07, 6.45) is 3.58. The Bertz CT molecular complexity index is 1280. The highest BCUT2D eigenvalue weighted by Gasteiger charge is 2.19. The molecule has 0 spiro atoms. The Morgan fingerprint density at radius 1 is 1.23 bits per heavy atom. The van der Waals surface area contributed by atoms with Gasteiger partial charge in [-0.15, -0.1) is 0 Å². The predicted octanol–water partition coefficient (Wildman–Crippen LogP) is 3.09. The molecule has 0 radical (unpaired) electrons. The number of carbonyl (C=O) groups excluding carboxylic acids is 1. The Balaban J connectivity index is 1.64. The van der Waals surface area contributed by atoms with Gasteiger partial charge in [0.2, 0.25) is 0 Å². The van der Waals surface area contributed by atoms with E-state index in [1.807, 2.05) is 0 Å². The van der Waals surface area contributed by atoms with Crippen molar-refractivity contribution in [2.75, 3.05) is 7.11 Å². The molecule has 0 fully saturated rings. The number of nitrogens with one attached hydrogen (secondary N) is 3. The lowest BCUT2D eigenvalue weighted by Gasteiger charge is -2.10. The van der Waals surface area contributed by atoms with Crippen LogP contribution in [-0.2, 0) is 6.54 Å². The summed E-state index contributed by atoms with van der Waals surface area (Å²) in [6, 6.07) is 10.6. The Labute approximate surface area is 169 Å². The molecule has 9 heteroatoms. The fourth-order valence-corrected chi connectivity index (χ4v) is 3.04. The van der Waals surface area contributed by atoms with E-state index in [1.165, 1.54) is 25.3 Å². The Kier molecular flexibility index (Phi) is 5.17. The summed E-state index contributed by atoms with van der Waals surface area (Å²) in [7, 11) is 1.47. The second-order valence-electron chi connectivity index (χ2n) is 6.42. The van der Waals surface area contributed by atoms with Crippen molar-refractivity contribution in [1.82, 2.24) is 20.7 Å². The number of amides is 1. The number of hydrogen-bond donors (Lipinski definition) is 3. The van der Waals surface area contributed by atoms with Crippen LogP contribution < -0.4 is 15.6 Å². The number of carbonyl (C=O) groups is 1. The minimum atomic E-state index is -0.396. The number of rotatable bonds is 6. The van der Waals surface area contributed by atoms with Crippen molar-refractivity contribution in [1.29, 1.82) is 0 Å². The van der Waals surface area contributed by atoms with E-state index in [0.29, 0.717) is 33.7 Å². The number of halogens is 1. The molecule has 2 aromatic heterocycles. The summed E-state index contributed by atoms with van der Waals surface area (Å²) < 4.78 is 23.5. The first kappa shape index (κ1) is 19.2. The second-order valence-corrected chi connectivity index (χ2v) is 6.42. The molecule has 1 amide bonds. The summed E-state index contributed by atoms with van der Waals surface area (Å²) in [5.74, 6) is -0.0460. The standard InChI is InChI=1S/C21H17FN4O4/c1-29-20-15(21(28)23-11-14-10-18(27)26-30-14)7-9-17-19(20)16(24-25-17)8-4-12-2-5-13(22)6-3-12/h2-10H,11H2,1H3,(H,23,28)(H,24,25)(H,26,27)/b8-4+. The number of aromatic nitrogens is 3. The lowest BCUT2D eigenvalue weighted by molar-refractivity contribution is 0.0944. The highest BCUT2D eigenvalue weighted by molar-refractivity contribution is 6.05. The van der Waals surface area contributed by atoms with Crippen molar-refractivity contribution >= 4 is 29.0 Å². The van der Waals surface area contributed by atoms with E-state index >= 15 is 0 Å². The number of aromatic amines is 2. The second kappa shape index (κ2) is 8.08. The van der Waals surface area contributed by atoms with Gasteiger partial charge in [-0.25, -0.2) is 4.39 Å². The molecule has 4 rings (SSSR count). The number of hydrogen-bond acceptors (Lipinski definition) is 5. The molecule has 3 N–H and O–H groups in total. The van der Waals surface area contributed by atoms with E-state index in [0.717, 1.165) is 5.56 Å². The van der Waals surface area contributed by atoms with E-state index in [2.05, 4.69) is 20.7 Å². The maximum atomic E-state index is 13.1. The van der Waals surface area contributed by atoms with Crippen molar-refractivity contribution in [2.45, 2.75) is 6.54 Å². The van der Waals surface area contributed by atoms with Gasteiger partial charge in [0.05, 0.1) is 35.8 Å². The maximum Gasteiger partial charge on any atom is 0.280 e. The third-order valence-electron chi connectivity index (χ3n) is 4.46. The SMILES string of the molecule is COc1c(C(=O)NCc2cc(=O)[nH]o2)ccc2n[nH]c(/C=C/c3ccc(F)cc3)c12. The largest absolute Gasteiger partial charge is 0.495 e. The maximum absolute atomic E-state index is 13.1. The number of ether oxygens (including phenoxy) is 1. The normalized spacial score (nSPS) is 11.3. The minimum absolute atomic E-state index is 0.0431. The molecular weight excluding hydrogens is 391 g/mol. The third kappa shape index (κ3) is 3.86. The Morgan fingerprint density at radius 2 is 2.03 bits per heavy atom. The van der Waals surface area contributed by atoms with Gasteiger partial charge in [-0.05, 0) is 35.9 Å². The quantitative estimate of drug-likeness (QED) is 0.454. The molecule has 8 nitrogen and oxygen atoms in total. The summed E-state index contributed by atoms with van der Waals surface area (Å²) in [5, 5.41) is 12.7. The van der Waals surface area contributed by atoms with Crippen LogP contribution >= 0.6 is 0 Å². The van der Waals surface area contributed by atoms with Gasteiger partial charge in [-0.2, -0.15) is 10.3 Å². The van der Waals surface area contributed by atoms with Gasteiger partial charge in [0.25, 0.3) is 11.5 Å². The van der Waals surface area contributed by atoms with E-state index < -0.39 is 5.91 Å². The molecule has 2 heterocycles. The molecule has 30 heavy (non-hydrogen) atoms. The molecule has 2 aromatic carbocycles. The molecule has 0 aliphatic carbocycles. The molecule has 0 atom stereocenters. The first-order valence-electron chi connectivity index (χ1n) is 8.99. The average molecular weight is 408 g/mol. The zero-order valence-electron chi connectivity index (χ0n) is 15.9. The van der Waals surface area contributed by atoms with Crippen LogP contribution in [0.2, 0.25) is 0 Å². The molecule has 0 saturated carbocycles. The van der Waals surface area contributed by atoms with Crippen molar-refractivity contribution in [3.63, 3.8) is 0 Å². The minimum Gasteiger partial charge on any atom is -0.495 e. The van der Waals surface area contributed by atoms with Crippen LogP contribution in [0.5, 0.6) is 5.75 Å². The highest BCUT2D eigenvalue weighted by atomic mass is 19.1. The first-order chi connectivity index (χ1) is 14.5. The van der Waals surface area contributed by atoms with Gasteiger partial charge >= 0.3 is 0 Å². The number of methoxy groups -OCH3 is 1. The van der Waals surface area contributed by atoms with Crippen LogP contribution in [0.4, 0.5) is 4.39 Å². The highest BCUT2D eigenvalue weighted by Crippen LogP contribution is 2.32. The first-order valence-corrected chi connectivity index (χ1v) is 8.99. The fourth-order valence-electron chi connectivity index (χ4n) is 3.04. The topological polar surface area (TPSA) is 113 Å². The third-order valence-corrected chi connectivity index (χ3v) is 4.46. The van der Waals surface area contributed by atoms with Gasteiger partial charge < -0.3 is 14.6 Å². The van der Waals surface area contributed by atoms with Crippen molar-refractivity contribution in [3.8, 4) is 5.75 Å². The van der Waals surface area contributed by atoms with Gasteiger partial charge in [0.1, 0.15) is 11.6 Å². The average Bonchev–Trinajstić information content (AvgIpc) is 3.36. The van der Waals surface area contributed by atoms with Gasteiger partial charge in [-0.1, -0.05) is 18.2 Å². The van der Waals surface area contributed by atoms with Gasteiger partial charge in [0, 0.05) is 6.07 Å². The Morgan fingerprint density at radius 3 is 2.73 bits per heavy atom. The summed E-state index contributed by atoms with van der Waals surface area (Å²) >= 11 is 0. The predicted molar refractivity (Wildman–Crippen MR) is 108 cm³/mol. The molecular formula is C21H17FN4O4. The van der Waals surface area contributed by atoms with Crippen molar-refractivity contribution in [3.05, 3.63) is 81.2 Å². The number of benzene rings is 2. The summed E-state index contributed by atoms with van der Waals surface area (Å²) in [6.45, 7) is 0.0431. The van der Waals surface area contributed by atoms with E-state index in [-0.39, 0.29) is 17.9 Å². The lowest BCUT2D eigenvalue weighted by Crippen LogP contribution is -2.23. The van der Waals surface area contributed by atoms with E-state index in [1.54, 1.807) is 36.4 Å². The van der Waals surface area contributed by atoms with E-state index in [4.69, 9.17) is 9.26 Å². The van der Waals surface area contributed by atoms with Crippen LogP contribution in [0.3, 0.4) is 0 Å². The smallest absolute Gasteiger partial charge is 0.280 e. The summed E-state index contributed by atoms with van der Waals surface area (Å²) in [4.78, 5) is 23.8. The molecule has 152 valence electrons. The lowest BCUT2D eigenvalue weighted by atomic mass is 10.1. The number of nitrogens with zero attached hydrogens (tertiary/aromatic N) is 1. The molecule has 4 aromatic rings. The van der Waals surface area contributed by atoms with Crippen LogP contribution in [0.25, 0.3) is 23.1 Å². The molecule has 0 aliphatic rings. The van der Waals surface area contributed by atoms with Crippen LogP contribution in [0.1, 0.15) is 27.4 Å². The van der Waals surface area contributed by atoms with Crippen LogP contribution in [0, 0.1) is 5.82 Å². The van der Waals surface area contributed by atoms with Crippen molar-refractivity contribution < 1.29 is 18.4 Å². The molecule has 0 saturated heterocycles. The molecule has 0 bridgehead atoms. The van der Waals surface area contributed by atoms with Crippen LogP contribution in [0.15, 0.2) is 51.8 Å². The zero-order valence-corrected chi connectivity index (χ0v) is 15.9. The fraction of sp³-hybridized carbons (Fsp3) is 0.0952.